The fourth-order valence-corrected chi connectivity index (χ4v) is 3.55. The van der Waals surface area contributed by atoms with Gasteiger partial charge in [-0.25, -0.2) is 0 Å². The molecule has 7 heteroatoms. The number of carboxylic acids is 1. The van der Waals surface area contributed by atoms with Gasteiger partial charge in [0.15, 0.2) is 0 Å². The number of esters is 1. The third kappa shape index (κ3) is 24.3. The molecule has 1 N–H and O–H groups in total. The summed E-state index contributed by atoms with van der Waals surface area (Å²) < 4.78 is 10.7. The summed E-state index contributed by atoms with van der Waals surface area (Å²) in [7, 11) is 5.32. The van der Waals surface area contributed by atoms with Gasteiger partial charge in [0.05, 0.1) is 40.3 Å². The molecule has 2 unspecified atom stereocenters. The first kappa shape index (κ1) is 37.3. The van der Waals surface area contributed by atoms with Crippen LogP contribution in [0.15, 0.2) is 72.9 Å². The number of nitrogens with zero attached hydrogens (tertiary/aromatic N) is 1. The molecule has 40 heavy (non-hydrogen) atoms. The van der Waals surface area contributed by atoms with Gasteiger partial charge >= 0.3 is 5.97 Å². The van der Waals surface area contributed by atoms with Crippen LogP contribution in [0.2, 0.25) is 0 Å². The number of hydrogen-bond acceptors (Lipinski definition) is 6. The zero-order valence-corrected chi connectivity index (χ0v) is 25.2. The zero-order chi connectivity index (χ0) is 29.9. The van der Waals surface area contributed by atoms with Gasteiger partial charge in [0.25, 0.3) is 0 Å². The van der Waals surface area contributed by atoms with E-state index in [-0.39, 0.29) is 43.1 Å². The van der Waals surface area contributed by atoms with E-state index in [0.29, 0.717) is 6.42 Å². The zero-order valence-electron chi connectivity index (χ0n) is 25.2. The van der Waals surface area contributed by atoms with Crippen molar-refractivity contribution in [2.45, 2.75) is 83.3 Å². The Morgan fingerprint density at radius 1 is 0.775 bits per heavy atom. The molecule has 0 saturated heterocycles. The Bertz CT molecular complexity index is 832. The number of aliphatic hydroxyl groups is 1. The molecule has 7 nitrogen and oxygen atoms in total. The number of likely N-dealkylation sites (N-methyl/N-ethyl adjacent to an activating group) is 1. The largest absolute Gasteiger partial charge is 0.544 e. The Morgan fingerprint density at radius 3 is 1.70 bits per heavy atom. The summed E-state index contributed by atoms with van der Waals surface area (Å²) in [5, 5.41) is 21.1. The predicted molar refractivity (Wildman–Crippen MR) is 161 cm³/mol. The highest BCUT2D eigenvalue weighted by Gasteiger charge is 2.24. The summed E-state index contributed by atoms with van der Waals surface area (Å²) >= 11 is 0. The molecule has 226 valence electrons. The van der Waals surface area contributed by atoms with Gasteiger partial charge in [-0.1, -0.05) is 79.8 Å². The molecular weight excluding hydrogens is 506 g/mol. The standard InChI is InChI=1S/C33H53NO6/c1-5-6-7-8-9-10-11-12-13-14-15-16-17-18-19-20-21-22-23-24-25-32(36)40-29-30(35)28-39-27-26-31(33(37)38)34(2,3)4/h6-7,9-10,12-13,15-16,18-19,21-22,30-31,35H,5,8,11,14,17,20,23-29H2,1-4H3/b7-6+,10-9+,13-12+,16-15+,19-18+,22-21+. The number of aliphatic hydroxyl groups excluding tert-OH is 1. The molecule has 0 spiro atoms. The second kappa shape index (κ2) is 25.2. The molecule has 2 atom stereocenters. The van der Waals surface area contributed by atoms with Crippen molar-refractivity contribution in [3.8, 4) is 0 Å². The second-order valence-electron chi connectivity index (χ2n) is 10.5. The molecule has 0 aromatic heterocycles. The molecular formula is C33H53NO6. The van der Waals surface area contributed by atoms with Gasteiger partial charge in [0.1, 0.15) is 18.8 Å². The number of quaternary nitrogens is 1. The molecule has 0 aliphatic carbocycles. The lowest BCUT2D eigenvalue weighted by atomic mass is 10.1. The predicted octanol–water partition coefficient (Wildman–Crippen LogP) is 4.99. The molecule has 0 bridgehead atoms. The third-order valence-corrected chi connectivity index (χ3v) is 5.84. The number of ether oxygens (including phenoxy) is 2. The summed E-state index contributed by atoms with van der Waals surface area (Å²) in [6.45, 7) is 2.15. The Morgan fingerprint density at radius 2 is 1.25 bits per heavy atom. The third-order valence-electron chi connectivity index (χ3n) is 5.84. The summed E-state index contributed by atoms with van der Waals surface area (Å²) in [5.74, 6) is -1.48. The molecule has 0 aliphatic rings. The molecule has 0 saturated carbocycles. The van der Waals surface area contributed by atoms with Gasteiger partial charge in [-0.05, 0) is 51.4 Å². The second-order valence-corrected chi connectivity index (χ2v) is 10.5. The molecule has 0 aromatic rings. The van der Waals surface area contributed by atoms with Crippen molar-refractivity contribution < 1.29 is 33.8 Å². The lowest BCUT2D eigenvalue weighted by molar-refractivity contribution is -0.889. The Hall–Kier alpha value is -2.74. The van der Waals surface area contributed by atoms with Crippen LogP contribution in [-0.2, 0) is 19.1 Å². The van der Waals surface area contributed by atoms with Gasteiger partial charge in [-0.3, -0.25) is 4.79 Å². The van der Waals surface area contributed by atoms with Crippen LogP contribution in [-0.4, -0.2) is 74.6 Å². The first-order valence-electron chi connectivity index (χ1n) is 14.5. The van der Waals surface area contributed by atoms with Crippen LogP contribution >= 0.6 is 0 Å². The van der Waals surface area contributed by atoms with Gasteiger partial charge in [-0.2, -0.15) is 0 Å². The monoisotopic (exact) mass is 559 g/mol. The molecule has 0 rings (SSSR count). The van der Waals surface area contributed by atoms with E-state index in [1.165, 1.54) is 0 Å². The van der Waals surface area contributed by atoms with Crippen LogP contribution in [0.25, 0.3) is 0 Å². The van der Waals surface area contributed by atoms with Gasteiger partial charge in [0.2, 0.25) is 0 Å². The first-order chi connectivity index (χ1) is 19.2. The smallest absolute Gasteiger partial charge is 0.305 e. The van der Waals surface area contributed by atoms with Crippen molar-refractivity contribution in [2.75, 3.05) is 41.0 Å². The Balaban J connectivity index is 3.74. The van der Waals surface area contributed by atoms with Crippen molar-refractivity contribution in [1.29, 1.82) is 0 Å². The lowest BCUT2D eigenvalue weighted by Crippen LogP contribution is -2.55. The number of carbonyl (C=O) groups excluding carboxylic acids is 2. The van der Waals surface area contributed by atoms with Gasteiger partial charge in [0, 0.05) is 12.8 Å². The van der Waals surface area contributed by atoms with Crippen LogP contribution in [0.5, 0.6) is 0 Å². The molecule has 0 heterocycles. The topological polar surface area (TPSA) is 95.9 Å². The highest BCUT2D eigenvalue weighted by Crippen LogP contribution is 2.07. The lowest BCUT2D eigenvalue weighted by Gasteiger charge is -2.34. The maximum atomic E-state index is 11.8. The first-order valence-corrected chi connectivity index (χ1v) is 14.5. The molecule has 0 aliphatic heterocycles. The minimum Gasteiger partial charge on any atom is -0.544 e. The molecule has 0 fully saturated rings. The normalized spacial score (nSPS) is 14.5. The van der Waals surface area contributed by atoms with E-state index in [1.807, 2.05) is 0 Å². The number of carbonyl (C=O) groups is 2. The SMILES string of the molecule is CC/C=C/C/C=C/C/C=C/C/C=C/C/C=C/C/C=C/CCCC(=O)OCC(O)COCCC(C(=O)[O-])[N+](C)(C)C. The summed E-state index contributed by atoms with van der Waals surface area (Å²) in [4.78, 5) is 23.1. The van der Waals surface area contributed by atoms with Crippen molar-refractivity contribution in [1.82, 2.24) is 0 Å². The van der Waals surface area contributed by atoms with Crippen molar-refractivity contribution >= 4 is 11.9 Å². The average molecular weight is 560 g/mol. The highest BCUT2D eigenvalue weighted by atomic mass is 16.5. The number of hydrogen-bond donors (Lipinski definition) is 1. The van der Waals surface area contributed by atoms with Crippen molar-refractivity contribution in [3.05, 3.63) is 72.9 Å². The summed E-state index contributed by atoms with van der Waals surface area (Å²) in [6.07, 6.45) is 32.8. The highest BCUT2D eigenvalue weighted by molar-refractivity contribution is 5.69. The van der Waals surface area contributed by atoms with Crippen LogP contribution in [0, 0.1) is 0 Å². The number of unbranched alkanes of at least 4 members (excludes halogenated alkanes) is 1. The van der Waals surface area contributed by atoms with Crippen molar-refractivity contribution in [2.24, 2.45) is 0 Å². The van der Waals surface area contributed by atoms with E-state index in [9.17, 15) is 19.8 Å². The van der Waals surface area contributed by atoms with E-state index in [0.717, 1.165) is 44.9 Å². The van der Waals surface area contributed by atoms with E-state index in [4.69, 9.17) is 9.47 Å². The van der Waals surface area contributed by atoms with E-state index in [2.05, 4.69) is 79.8 Å². The van der Waals surface area contributed by atoms with Crippen molar-refractivity contribution in [3.63, 3.8) is 0 Å². The minimum absolute atomic E-state index is 0.0251. The number of carboxylic acid groups (broad SMARTS) is 1. The van der Waals surface area contributed by atoms with E-state index in [1.54, 1.807) is 21.1 Å². The van der Waals surface area contributed by atoms with Crippen LogP contribution in [0.4, 0.5) is 0 Å². The molecule has 0 radical (unpaired) electrons. The quantitative estimate of drug-likeness (QED) is 0.0775. The van der Waals surface area contributed by atoms with E-state index < -0.39 is 18.1 Å². The minimum atomic E-state index is -1.13. The molecule has 0 aromatic carbocycles. The van der Waals surface area contributed by atoms with Crippen LogP contribution < -0.4 is 5.11 Å². The molecule has 0 amide bonds. The average Bonchev–Trinajstić information content (AvgIpc) is 2.89. The van der Waals surface area contributed by atoms with Gasteiger partial charge < -0.3 is 29.0 Å². The number of aliphatic carboxylic acids is 1. The Kier molecular flexibility index (Phi) is 23.5. The summed E-state index contributed by atoms with van der Waals surface area (Å²) in [5.41, 5.74) is 0. The number of allylic oxidation sites excluding steroid dienone is 12. The maximum Gasteiger partial charge on any atom is 0.305 e. The van der Waals surface area contributed by atoms with E-state index >= 15 is 0 Å². The van der Waals surface area contributed by atoms with Crippen LogP contribution in [0.3, 0.4) is 0 Å². The van der Waals surface area contributed by atoms with Crippen LogP contribution in [0.1, 0.15) is 71.1 Å². The summed E-state index contributed by atoms with van der Waals surface area (Å²) in [6, 6.07) is -0.698. The fraction of sp³-hybridized carbons (Fsp3) is 0.576. The Labute approximate surface area is 242 Å². The maximum absolute atomic E-state index is 11.8. The number of rotatable bonds is 24. The fourth-order valence-electron chi connectivity index (χ4n) is 3.55. The van der Waals surface area contributed by atoms with Gasteiger partial charge in [-0.15, -0.1) is 0 Å².